The second-order valence-corrected chi connectivity index (χ2v) is 9.77. The average Bonchev–Trinajstić information content (AvgIpc) is 3.00. The first-order valence-electron chi connectivity index (χ1n) is 13.3. The number of ether oxygens (including phenoxy) is 1. The zero-order valence-electron chi connectivity index (χ0n) is 22.3. The quantitative estimate of drug-likeness (QED) is 0.264. The van der Waals surface area contributed by atoms with Gasteiger partial charge in [-0.25, -0.2) is 4.39 Å². The van der Waals surface area contributed by atoms with Crippen molar-refractivity contribution >= 4 is 11.8 Å². The summed E-state index contributed by atoms with van der Waals surface area (Å²) >= 11 is 0. The number of halogens is 1. The minimum atomic E-state index is -0.749. The first kappa shape index (κ1) is 26.9. The molecule has 202 valence electrons. The topological polar surface area (TPSA) is 49.9 Å². The van der Waals surface area contributed by atoms with Crippen LogP contribution in [0.5, 0.6) is 5.75 Å². The van der Waals surface area contributed by atoms with E-state index in [0.29, 0.717) is 12.0 Å². The van der Waals surface area contributed by atoms with E-state index in [1.165, 1.54) is 12.1 Å². The highest BCUT2D eigenvalue weighted by Crippen LogP contribution is 2.30. The molecule has 2 amide bonds. The van der Waals surface area contributed by atoms with Crippen molar-refractivity contribution in [2.45, 2.75) is 25.0 Å². The normalized spacial score (nSPS) is 18.1. The predicted molar refractivity (Wildman–Crippen MR) is 153 cm³/mol. The Hall–Kier alpha value is -4.71. The summed E-state index contributed by atoms with van der Waals surface area (Å²) in [6.07, 6.45) is 4.28. The van der Waals surface area contributed by atoms with Crippen molar-refractivity contribution < 1.29 is 18.7 Å². The van der Waals surface area contributed by atoms with E-state index in [-0.39, 0.29) is 30.7 Å². The molecular formula is C34H31FN2O3. The fraction of sp³-hybridized carbons (Fsp3) is 0.176. The lowest BCUT2D eigenvalue weighted by molar-refractivity contribution is -0.138. The molecule has 0 fully saturated rings. The largest absolute Gasteiger partial charge is 0.497 e. The molecule has 40 heavy (non-hydrogen) atoms. The number of amides is 2. The van der Waals surface area contributed by atoms with Crippen LogP contribution in [0, 0.1) is 5.82 Å². The number of carbonyl (C=O) groups is 2. The molecule has 0 radical (unpaired) electrons. The minimum absolute atomic E-state index is 0.178. The molecule has 5 rings (SSSR count). The van der Waals surface area contributed by atoms with Gasteiger partial charge in [0.1, 0.15) is 17.6 Å². The Bertz CT molecular complexity index is 1460. The van der Waals surface area contributed by atoms with Crippen molar-refractivity contribution in [2.75, 3.05) is 13.7 Å². The van der Waals surface area contributed by atoms with E-state index in [1.807, 2.05) is 84.9 Å². The zero-order valence-corrected chi connectivity index (χ0v) is 22.3. The smallest absolute Gasteiger partial charge is 0.254 e. The van der Waals surface area contributed by atoms with E-state index in [1.54, 1.807) is 41.2 Å². The highest BCUT2D eigenvalue weighted by molar-refractivity contribution is 5.98. The number of hydrogen-bond acceptors (Lipinski definition) is 3. The van der Waals surface area contributed by atoms with Gasteiger partial charge < -0.3 is 14.5 Å². The summed E-state index contributed by atoms with van der Waals surface area (Å²) in [7, 11) is 1.61. The molecule has 0 saturated heterocycles. The van der Waals surface area contributed by atoms with Crippen molar-refractivity contribution in [1.82, 2.24) is 9.80 Å². The van der Waals surface area contributed by atoms with Gasteiger partial charge in [-0.2, -0.15) is 0 Å². The predicted octanol–water partition coefficient (Wildman–Crippen LogP) is 6.23. The van der Waals surface area contributed by atoms with E-state index in [4.69, 9.17) is 4.74 Å². The van der Waals surface area contributed by atoms with Gasteiger partial charge in [0.25, 0.3) is 5.91 Å². The summed E-state index contributed by atoms with van der Waals surface area (Å²) in [5, 5.41) is 0. The van der Waals surface area contributed by atoms with Gasteiger partial charge in [0.15, 0.2) is 0 Å². The Kier molecular flexibility index (Phi) is 8.35. The molecule has 0 bridgehead atoms. The molecule has 2 atom stereocenters. The highest BCUT2D eigenvalue weighted by Gasteiger charge is 2.37. The van der Waals surface area contributed by atoms with Gasteiger partial charge in [0.05, 0.1) is 13.2 Å². The number of rotatable bonds is 7. The molecule has 0 saturated carbocycles. The monoisotopic (exact) mass is 534 g/mol. The van der Waals surface area contributed by atoms with Crippen molar-refractivity contribution in [3.63, 3.8) is 0 Å². The number of benzene rings is 4. The molecule has 0 spiro atoms. The van der Waals surface area contributed by atoms with Gasteiger partial charge in [0.2, 0.25) is 5.91 Å². The molecule has 0 unspecified atom stereocenters. The first-order valence-corrected chi connectivity index (χ1v) is 13.3. The number of methoxy groups -OCH3 is 1. The maximum Gasteiger partial charge on any atom is 0.254 e. The fourth-order valence-electron chi connectivity index (χ4n) is 5.06. The standard InChI is InChI=1S/C34H31FN2O3/c1-40-30-20-16-27(17-21-30)31-13-8-22-36(33(38)28-11-6-3-7-12-28)32(23-25-9-4-2-5-10-25)34(39)37(31)24-26-14-18-29(35)19-15-26/h2-21,31-32H,22-24H2,1H3/b13-8-/t31-,32+/m1/s1. The van der Waals surface area contributed by atoms with E-state index in [9.17, 15) is 14.0 Å². The van der Waals surface area contributed by atoms with Gasteiger partial charge in [-0.1, -0.05) is 84.9 Å². The Labute approximate surface area is 234 Å². The summed E-state index contributed by atoms with van der Waals surface area (Å²) < 4.78 is 19.1. The summed E-state index contributed by atoms with van der Waals surface area (Å²) in [6.45, 7) is 0.535. The number of carbonyl (C=O) groups excluding carboxylic acids is 2. The maximum atomic E-state index is 14.6. The van der Waals surface area contributed by atoms with Crippen LogP contribution in [0.4, 0.5) is 4.39 Å². The van der Waals surface area contributed by atoms with Gasteiger partial charge in [-0.3, -0.25) is 9.59 Å². The fourth-order valence-corrected chi connectivity index (χ4v) is 5.06. The first-order chi connectivity index (χ1) is 19.5. The minimum Gasteiger partial charge on any atom is -0.497 e. The Balaban J connectivity index is 1.59. The lowest BCUT2D eigenvalue weighted by Crippen LogP contribution is -2.53. The maximum absolute atomic E-state index is 14.6. The summed E-state index contributed by atoms with van der Waals surface area (Å²) in [5.74, 6) is -0.000657. The average molecular weight is 535 g/mol. The molecule has 1 aliphatic heterocycles. The van der Waals surface area contributed by atoms with Gasteiger partial charge in [-0.05, 0) is 53.1 Å². The van der Waals surface area contributed by atoms with Crippen molar-refractivity contribution in [3.8, 4) is 5.75 Å². The van der Waals surface area contributed by atoms with Crippen molar-refractivity contribution in [1.29, 1.82) is 0 Å². The van der Waals surface area contributed by atoms with Crippen LogP contribution in [-0.4, -0.2) is 41.3 Å². The van der Waals surface area contributed by atoms with Crippen LogP contribution in [0.25, 0.3) is 0 Å². The van der Waals surface area contributed by atoms with Crippen LogP contribution in [-0.2, 0) is 17.8 Å². The molecule has 6 heteroatoms. The second kappa shape index (κ2) is 12.4. The molecule has 4 aromatic rings. The van der Waals surface area contributed by atoms with Crippen LogP contribution < -0.4 is 4.74 Å². The Morgan fingerprint density at radius 2 is 1.50 bits per heavy atom. The molecule has 0 aromatic heterocycles. The van der Waals surface area contributed by atoms with E-state index >= 15 is 0 Å². The summed E-state index contributed by atoms with van der Waals surface area (Å²) in [6, 6.07) is 31.4. The molecular weight excluding hydrogens is 503 g/mol. The van der Waals surface area contributed by atoms with Gasteiger partial charge in [-0.15, -0.1) is 0 Å². The Morgan fingerprint density at radius 3 is 2.15 bits per heavy atom. The lowest BCUT2D eigenvalue weighted by atomic mass is 9.96. The summed E-state index contributed by atoms with van der Waals surface area (Å²) in [5.41, 5.74) is 3.19. The van der Waals surface area contributed by atoms with Crippen molar-refractivity contribution in [2.24, 2.45) is 0 Å². The third kappa shape index (κ3) is 6.12. The van der Waals surface area contributed by atoms with Gasteiger partial charge >= 0.3 is 0 Å². The van der Waals surface area contributed by atoms with Crippen LogP contribution >= 0.6 is 0 Å². The molecule has 0 aliphatic carbocycles. The molecule has 5 nitrogen and oxygen atoms in total. The molecule has 0 N–H and O–H groups in total. The van der Waals surface area contributed by atoms with Gasteiger partial charge in [0, 0.05) is 25.1 Å². The van der Waals surface area contributed by atoms with Crippen LogP contribution in [0.1, 0.15) is 33.1 Å². The van der Waals surface area contributed by atoms with Crippen LogP contribution in [0.2, 0.25) is 0 Å². The lowest BCUT2D eigenvalue weighted by Gasteiger charge is -2.39. The second-order valence-electron chi connectivity index (χ2n) is 9.77. The number of nitrogens with zero attached hydrogens (tertiary/aromatic N) is 2. The molecule has 1 aliphatic rings. The van der Waals surface area contributed by atoms with Crippen LogP contribution in [0.3, 0.4) is 0 Å². The van der Waals surface area contributed by atoms with E-state index in [0.717, 1.165) is 22.4 Å². The zero-order chi connectivity index (χ0) is 27.9. The summed E-state index contributed by atoms with van der Waals surface area (Å²) in [4.78, 5) is 31.9. The van der Waals surface area contributed by atoms with Crippen molar-refractivity contribution in [3.05, 3.63) is 149 Å². The highest BCUT2D eigenvalue weighted by atomic mass is 19.1. The van der Waals surface area contributed by atoms with E-state index in [2.05, 4.69) is 0 Å². The molecule has 1 heterocycles. The van der Waals surface area contributed by atoms with Crippen LogP contribution in [0.15, 0.2) is 121 Å². The Morgan fingerprint density at radius 1 is 0.850 bits per heavy atom. The SMILES string of the molecule is COc1ccc([C@H]2/C=C\CN(C(=O)c3ccccc3)[C@@H](Cc3ccccc3)C(=O)N2Cc2ccc(F)cc2)cc1. The van der Waals surface area contributed by atoms with E-state index < -0.39 is 12.1 Å². The number of hydrogen-bond donors (Lipinski definition) is 0. The third-order valence-corrected chi connectivity index (χ3v) is 7.18. The molecule has 4 aromatic carbocycles. The third-order valence-electron chi connectivity index (χ3n) is 7.18.